The SMILES string of the molecule is CC(=O)NN([N+][N])C(C)=O. The van der Waals surface area contributed by atoms with E-state index in [1.54, 1.807) is 0 Å². The number of carbonyl (C=O) groups is 2. The van der Waals surface area contributed by atoms with E-state index in [4.69, 9.17) is 5.84 Å². The largest absolute Gasteiger partial charge is 0.410 e. The van der Waals surface area contributed by atoms with Crippen LogP contribution in [-0.2, 0) is 9.59 Å². The molecule has 6 nitrogen and oxygen atoms in total. The number of carbonyl (C=O) groups excluding carboxylic acids is 2. The monoisotopic (exact) mass is 143 g/mol. The minimum Gasteiger partial charge on any atom is -0.273 e. The zero-order chi connectivity index (χ0) is 8.15. The van der Waals surface area contributed by atoms with Gasteiger partial charge in [0.2, 0.25) is 5.91 Å². The maximum absolute atomic E-state index is 10.4. The Morgan fingerprint density at radius 3 is 2.10 bits per heavy atom. The first kappa shape index (κ1) is 8.86. The van der Waals surface area contributed by atoms with Crippen LogP contribution >= 0.6 is 0 Å². The Hall–Kier alpha value is -1.14. The molecular weight excluding hydrogens is 136 g/mol. The smallest absolute Gasteiger partial charge is 0.273 e. The van der Waals surface area contributed by atoms with Crippen LogP contribution in [0, 0.1) is 0 Å². The van der Waals surface area contributed by atoms with Crippen molar-refractivity contribution in [2.75, 3.05) is 0 Å². The van der Waals surface area contributed by atoms with E-state index in [-0.39, 0.29) is 0 Å². The molecule has 0 saturated carbocycles. The van der Waals surface area contributed by atoms with Crippen LogP contribution in [0.4, 0.5) is 0 Å². The van der Waals surface area contributed by atoms with Crippen molar-refractivity contribution in [1.82, 2.24) is 21.9 Å². The summed E-state index contributed by atoms with van der Waals surface area (Å²) in [5, 5.41) is 0.433. The van der Waals surface area contributed by atoms with E-state index in [9.17, 15) is 9.59 Å². The van der Waals surface area contributed by atoms with Crippen LogP contribution in [0.5, 0.6) is 0 Å². The summed E-state index contributed by atoms with van der Waals surface area (Å²) < 4.78 is 0. The fraction of sp³-hybridized carbons (Fsp3) is 0.500. The molecule has 0 aromatic heterocycles. The van der Waals surface area contributed by atoms with Crippen LogP contribution in [0.25, 0.3) is 0 Å². The molecule has 0 bridgehead atoms. The minimum absolute atomic E-state index is 0.433. The summed E-state index contributed by atoms with van der Waals surface area (Å²) in [5.74, 6) is 7.01. The van der Waals surface area contributed by atoms with Crippen molar-refractivity contribution < 1.29 is 9.59 Å². The number of hydrogen-bond acceptors (Lipinski definition) is 2. The first-order valence-corrected chi connectivity index (χ1v) is 2.51. The van der Waals surface area contributed by atoms with Crippen molar-refractivity contribution >= 4 is 11.8 Å². The van der Waals surface area contributed by atoms with Gasteiger partial charge in [-0.3, -0.25) is 9.59 Å². The highest BCUT2D eigenvalue weighted by molar-refractivity contribution is 5.78. The van der Waals surface area contributed by atoms with Gasteiger partial charge in [-0.2, -0.15) is 0 Å². The van der Waals surface area contributed by atoms with Gasteiger partial charge in [0.05, 0.1) is 5.12 Å². The van der Waals surface area contributed by atoms with Crippen molar-refractivity contribution in [3.63, 3.8) is 0 Å². The van der Waals surface area contributed by atoms with Gasteiger partial charge in [-0.1, -0.05) is 0 Å². The van der Waals surface area contributed by atoms with Crippen LogP contribution in [0.2, 0.25) is 0 Å². The molecule has 0 heterocycles. The van der Waals surface area contributed by atoms with E-state index in [2.05, 4.69) is 5.53 Å². The van der Waals surface area contributed by atoms with Gasteiger partial charge in [0.1, 0.15) is 0 Å². The average Bonchev–Trinajstić information content (AvgIpc) is 1.81. The maximum Gasteiger partial charge on any atom is 0.410 e. The standard InChI is InChI=1S/C4H7N4O2/c1-3(9)6-8(7-5)4(2)10/h1-2H3,(H,6,9)/q+1. The number of hydrogen-bond donors (Lipinski definition) is 1. The number of rotatable bonds is 1. The lowest BCUT2D eigenvalue weighted by molar-refractivity contribution is -0.143. The molecule has 2 amide bonds. The van der Waals surface area contributed by atoms with Crippen LogP contribution in [-0.4, -0.2) is 16.9 Å². The molecule has 0 saturated heterocycles. The normalized spacial score (nSPS) is 8.70. The molecule has 0 aromatic carbocycles. The van der Waals surface area contributed by atoms with Crippen LogP contribution < -0.4 is 16.8 Å². The number of nitrogens with one attached hydrogen (secondary N) is 1. The number of nitrogens with zero attached hydrogens (tertiary/aromatic N) is 3. The predicted octanol–water partition coefficient (Wildman–Crippen LogP) is -1.61. The first-order valence-electron chi connectivity index (χ1n) is 2.51. The van der Waals surface area contributed by atoms with Gasteiger partial charge in [0.15, 0.2) is 0 Å². The van der Waals surface area contributed by atoms with Gasteiger partial charge in [0, 0.05) is 13.8 Å². The van der Waals surface area contributed by atoms with Crippen LogP contribution in [0.3, 0.4) is 0 Å². The minimum atomic E-state index is -0.572. The van der Waals surface area contributed by atoms with E-state index in [1.807, 2.05) is 5.43 Å². The Morgan fingerprint density at radius 1 is 1.50 bits per heavy atom. The van der Waals surface area contributed by atoms with Gasteiger partial charge in [0.25, 0.3) is 0 Å². The summed E-state index contributed by atoms with van der Waals surface area (Å²) in [7, 11) is 0. The van der Waals surface area contributed by atoms with E-state index < -0.39 is 11.8 Å². The fourth-order valence-corrected chi connectivity index (χ4v) is 0.313. The molecule has 6 heteroatoms. The predicted molar refractivity (Wildman–Crippen MR) is 30.6 cm³/mol. The summed E-state index contributed by atoms with van der Waals surface area (Å²) in [6, 6.07) is 0. The summed E-state index contributed by atoms with van der Waals surface area (Å²) >= 11 is 0. The average molecular weight is 143 g/mol. The molecule has 4 radical (unpaired) electrons. The fourth-order valence-electron chi connectivity index (χ4n) is 0.313. The molecule has 0 aliphatic carbocycles. The second kappa shape index (κ2) is 3.80. The summed E-state index contributed by atoms with van der Waals surface area (Å²) in [6.45, 7) is 2.34. The highest BCUT2D eigenvalue weighted by Crippen LogP contribution is 1.75. The third-order valence-corrected chi connectivity index (χ3v) is 0.651. The molecule has 54 valence electrons. The third-order valence-electron chi connectivity index (χ3n) is 0.651. The molecule has 0 rings (SSSR count). The Balaban J connectivity index is 3.83. The van der Waals surface area contributed by atoms with E-state index >= 15 is 0 Å². The van der Waals surface area contributed by atoms with Gasteiger partial charge in [-0.15, -0.1) is 0 Å². The molecule has 0 unspecified atom stereocenters. The Kier molecular flexibility index (Phi) is 3.37. The van der Waals surface area contributed by atoms with E-state index in [0.29, 0.717) is 5.12 Å². The topological polar surface area (TPSA) is 85.8 Å². The molecule has 10 heavy (non-hydrogen) atoms. The van der Waals surface area contributed by atoms with E-state index in [1.165, 1.54) is 6.92 Å². The molecule has 1 N–H and O–H groups in total. The molecule has 0 aliphatic rings. The quantitative estimate of drug-likeness (QED) is 0.447. The van der Waals surface area contributed by atoms with Crippen molar-refractivity contribution in [3.05, 3.63) is 0 Å². The summed E-state index contributed by atoms with van der Waals surface area (Å²) in [4.78, 5) is 20.6. The highest BCUT2D eigenvalue weighted by Gasteiger charge is 2.22. The highest BCUT2D eigenvalue weighted by atomic mass is 16.2. The Labute approximate surface area is 58.3 Å². The molecular formula is C4H7N4O2+. The van der Waals surface area contributed by atoms with Crippen molar-refractivity contribution in [2.45, 2.75) is 13.8 Å². The molecule has 0 fully saturated rings. The zero-order valence-electron chi connectivity index (χ0n) is 5.66. The Morgan fingerprint density at radius 2 is 2.00 bits per heavy atom. The lowest BCUT2D eigenvalue weighted by Gasteiger charge is -2.00. The van der Waals surface area contributed by atoms with Crippen LogP contribution in [0.15, 0.2) is 0 Å². The number of hydrazine groups is 1. The second-order valence-corrected chi connectivity index (χ2v) is 1.59. The molecule has 0 aromatic rings. The lowest BCUT2D eigenvalue weighted by atomic mass is 10.7. The van der Waals surface area contributed by atoms with Gasteiger partial charge < -0.3 is 0 Å². The van der Waals surface area contributed by atoms with Crippen molar-refractivity contribution in [2.24, 2.45) is 0 Å². The number of amides is 2. The van der Waals surface area contributed by atoms with Crippen LogP contribution in [0.1, 0.15) is 13.8 Å². The molecule has 0 atom stereocenters. The third kappa shape index (κ3) is 3.00. The molecule has 0 spiro atoms. The van der Waals surface area contributed by atoms with Gasteiger partial charge in [-0.25, -0.2) is 5.43 Å². The first-order chi connectivity index (χ1) is 4.57. The second-order valence-electron chi connectivity index (χ2n) is 1.59. The summed E-state index contributed by atoms with van der Waals surface area (Å²) in [5.41, 5.74) is 4.44. The lowest BCUT2D eigenvalue weighted by Crippen LogP contribution is -2.48. The molecule has 0 aliphatic heterocycles. The summed E-state index contributed by atoms with van der Waals surface area (Å²) in [6.07, 6.45) is 0. The van der Waals surface area contributed by atoms with Gasteiger partial charge >= 0.3 is 17.3 Å². The van der Waals surface area contributed by atoms with Crippen molar-refractivity contribution in [1.29, 1.82) is 0 Å². The van der Waals surface area contributed by atoms with Gasteiger partial charge in [-0.05, 0) is 0 Å². The zero-order valence-corrected chi connectivity index (χ0v) is 5.66. The maximum atomic E-state index is 10.4. The van der Waals surface area contributed by atoms with Crippen molar-refractivity contribution in [3.8, 4) is 0 Å². The van der Waals surface area contributed by atoms with E-state index in [0.717, 1.165) is 6.92 Å². The Bertz CT molecular complexity index is 146.